The van der Waals surface area contributed by atoms with E-state index < -0.39 is 16.6 Å². The van der Waals surface area contributed by atoms with Crippen LogP contribution in [0.3, 0.4) is 0 Å². The van der Waals surface area contributed by atoms with E-state index in [4.69, 9.17) is 26.8 Å². The van der Waals surface area contributed by atoms with Crippen molar-refractivity contribution in [2.24, 2.45) is 17.6 Å². The number of hydrogen-bond acceptors (Lipinski definition) is 8. The van der Waals surface area contributed by atoms with Crippen molar-refractivity contribution in [3.63, 3.8) is 0 Å². The molecule has 0 fully saturated rings. The first-order valence-corrected chi connectivity index (χ1v) is 20.4. The molecule has 0 radical (unpaired) electrons. The largest absolute Gasteiger partial charge is 0.491 e. The SMILES string of the molecule is CCCc1cc(Cl)ccc1C1COc2ccc3cc2N(CCCCC(C)[C@@](CCC(CO)NCCN)(OC)/C=C/CC(C)[C@H](C)S(=O)NC3=O)C1. The van der Waals surface area contributed by atoms with Gasteiger partial charge in [0.05, 0.1) is 29.8 Å². The molecule has 0 aromatic heterocycles. The zero-order valence-electron chi connectivity index (χ0n) is 31.3. The zero-order chi connectivity index (χ0) is 37.0. The van der Waals surface area contributed by atoms with Crippen LogP contribution in [0.2, 0.25) is 5.02 Å². The summed E-state index contributed by atoms with van der Waals surface area (Å²) in [7, 11) is 0.193. The molecule has 0 spiro atoms. The summed E-state index contributed by atoms with van der Waals surface area (Å²) in [5.41, 5.74) is 9.03. The molecule has 2 heterocycles. The van der Waals surface area contributed by atoms with Crippen LogP contribution in [0, 0.1) is 11.8 Å². The molecule has 2 aliphatic heterocycles. The second-order valence-corrected chi connectivity index (χ2v) is 16.5. The van der Waals surface area contributed by atoms with Crippen LogP contribution in [-0.4, -0.2) is 78.6 Å². The van der Waals surface area contributed by atoms with Crippen LogP contribution in [-0.2, 0) is 22.1 Å². The topological polar surface area (TPSA) is 126 Å². The van der Waals surface area contributed by atoms with E-state index >= 15 is 0 Å². The molecule has 11 heteroatoms. The van der Waals surface area contributed by atoms with Crippen molar-refractivity contribution in [3.8, 4) is 5.75 Å². The monoisotopic (exact) mass is 744 g/mol. The number of halogens is 1. The van der Waals surface area contributed by atoms with Gasteiger partial charge in [-0.1, -0.05) is 63.4 Å². The fraction of sp³-hybridized carbons (Fsp3) is 0.625. The molecule has 2 bridgehead atoms. The first kappa shape index (κ1) is 41.3. The molecule has 1 amide bonds. The van der Waals surface area contributed by atoms with Crippen molar-refractivity contribution in [2.45, 2.75) is 102 Å². The normalized spacial score (nSPS) is 27.7. The van der Waals surface area contributed by atoms with Crippen LogP contribution in [0.4, 0.5) is 5.69 Å². The number of aryl methyl sites for hydroxylation is 1. The van der Waals surface area contributed by atoms with Gasteiger partial charge in [-0.2, -0.15) is 0 Å². The Hall–Kier alpha value is -2.47. The number of ether oxygens (including phenoxy) is 2. The number of nitrogens with two attached hydrogens (primary N) is 1. The van der Waals surface area contributed by atoms with Gasteiger partial charge >= 0.3 is 0 Å². The first-order valence-electron chi connectivity index (χ1n) is 18.8. The van der Waals surface area contributed by atoms with Crippen molar-refractivity contribution in [2.75, 3.05) is 51.4 Å². The molecule has 284 valence electrons. The van der Waals surface area contributed by atoms with Crippen molar-refractivity contribution in [3.05, 3.63) is 70.3 Å². The Morgan fingerprint density at radius 2 is 2.02 bits per heavy atom. The molecule has 7 atom stereocenters. The summed E-state index contributed by atoms with van der Waals surface area (Å²) < 4.78 is 29.1. The van der Waals surface area contributed by atoms with Gasteiger partial charge in [0.15, 0.2) is 0 Å². The molecule has 2 aromatic carbocycles. The van der Waals surface area contributed by atoms with Gasteiger partial charge in [-0.3, -0.25) is 9.52 Å². The van der Waals surface area contributed by atoms with Gasteiger partial charge in [-0.25, -0.2) is 4.21 Å². The summed E-state index contributed by atoms with van der Waals surface area (Å²) in [4.78, 5) is 15.9. The number of nitrogens with one attached hydrogen (secondary N) is 2. The highest BCUT2D eigenvalue weighted by atomic mass is 35.5. The first-order chi connectivity index (χ1) is 24.5. The van der Waals surface area contributed by atoms with Gasteiger partial charge in [0.2, 0.25) is 0 Å². The average molecular weight is 745 g/mol. The maximum absolute atomic E-state index is 13.5. The molecular weight excluding hydrogens is 684 g/mol. The van der Waals surface area contributed by atoms with Gasteiger partial charge in [0.25, 0.3) is 5.91 Å². The Bertz CT molecular complexity index is 1480. The molecule has 51 heavy (non-hydrogen) atoms. The number of carbonyl (C=O) groups excluding carboxylic acids is 1. The van der Waals surface area contributed by atoms with E-state index in [1.54, 1.807) is 13.2 Å². The number of benzene rings is 2. The Morgan fingerprint density at radius 3 is 2.75 bits per heavy atom. The molecule has 2 aliphatic rings. The van der Waals surface area contributed by atoms with E-state index in [9.17, 15) is 14.1 Å². The summed E-state index contributed by atoms with van der Waals surface area (Å²) in [5, 5.41) is 13.9. The Balaban J connectivity index is 1.66. The van der Waals surface area contributed by atoms with Gasteiger partial charge in [0, 0.05) is 55.8 Å². The van der Waals surface area contributed by atoms with Crippen LogP contribution in [0.15, 0.2) is 48.6 Å². The predicted molar refractivity (Wildman–Crippen MR) is 210 cm³/mol. The third-order valence-electron chi connectivity index (χ3n) is 11.0. The molecule has 0 saturated heterocycles. The van der Waals surface area contributed by atoms with E-state index in [0.717, 1.165) is 74.5 Å². The van der Waals surface area contributed by atoms with Crippen LogP contribution in [0.1, 0.15) is 100 Å². The van der Waals surface area contributed by atoms with E-state index in [-0.39, 0.29) is 41.6 Å². The van der Waals surface area contributed by atoms with E-state index in [1.807, 2.05) is 25.1 Å². The van der Waals surface area contributed by atoms with Gasteiger partial charge in [-0.05, 0) is 98.7 Å². The highest BCUT2D eigenvalue weighted by molar-refractivity contribution is 7.84. The number of allylic oxidation sites excluding steroid dienone is 1. The molecule has 0 saturated carbocycles. The molecule has 0 aliphatic carbocycles. The number of methoxy groups -OCH3 is 1. The predicted octanol–water partition coefficient (Wildman–Crippen LogP) is 6.53. The van der Waals surface area contributed by atoms with E-state index in [2.05, 4.69) is 60.0 Å². The molecule has 4 rings (SSSR count). The van der Waals surface area contributed by atoms with E-state index in [0.29, 0.717) is 31.7 Å². The number of anilines is 1. The second kappa shape index (κ2) is 20.1. The lowest BCUT2D eigenvalue weighted by Gasteiger charge is -2.37. The third kappa shape index (κ3) is 11.0. The van der Waals surface area contributed by atoms with Crippen LogP contribution in [0.5, 0.6) is 5.75 Å². The summed E-state index contributed by atoms with van der Waals surface area (Å²) in [5.74, 6) is 0.748. The van der Waals surface area contributed by atoms with Gasteiger partial charge in [0.1, 0.15) is 16.7 Å². The minimum Gasteiger partial charge on any atom is -0.491 e. The molecule has 2 aromatic rings. The Kier molecular flexibility index (Phi) is 16.3. The molecule has 5 N–H and O–H groups in total. The Labute approximate surface area is 313 Å². The number of fused-ring (bicyclic) bond motifs is 1. The Morgan fingerprint density at radius 1 is 1.22 bits per heavy atom. The van der Waals surface area contributed by atoms with Gasteiger partial charge in [-0.15, -0.1) is 0 Å². The fourth-order valence-electron chi connectivity index (χ4n) is 7.43. The number of carbonyl (C=O) groups is 1. The number of rotatable bonds is 11. The molecule has 9 nitrogen and oxygen atoms in total. The number of hydrogen-bond donors (Lipinski definition) is 4. The summed E-state index contributed by atoms with van der Waals surface area (Å²) in [6.45, 7) is 11.6. The smallest absolute Gasteiger partial charge is 0.263 e. The quantitative estimate of drug-likeness (QED) is 0.192. The second-order valence-electron chi connectivity index (χ2n) is 14.5. The highest BCUT2D eigenvalue weighted by Gasteiger charge is 2.35. The van der Waals surface area contributed by atoms with Crippen molar-refractivity contribution >= 4 is 34.2 Å². The zero-order valence-corrected chi connectivity index (χ0v) is 32.9. The standard InChI is InChI=1S/C40H61ClN4O5S/c1-6-10-31-23-34(41)14-15-36(31)33-25-45-22-8-7-12-29(3)40(49-5,19-17-35(26-46)43-21-20-42)18-9-11-28(2)30(4)51(48)44-39(47)32-13-16-38(50-27-33)37(45)24-32/h9,13-16,18,23-24,28-30,33,35,43,46H,6-8,10-12,17,19-22,25-27,42H2,1-5H3,(H,44,47)/b18-9+/t28?,29?,30-,33?,35?,40+,51?/m0/s1. The number of aliphatic hydroxyl groups excluding tert-OH is 1. The van der Waals surface area contributed by atoms with Crippen LogP contribution >= 0.6 is 11.6 Å². The maximum Gasteiger partial charge on any atom is 0.263 e. The lowest BCUT2D eigenvalue weighted by atomic mass is 9.79. The minimum atomic E-state index is -1.59. The summed E-state index contributed by atoms with van der Waals surface area (Å²) in [6.07, 6.45) is 11.3. The van der Waals surface area contributed by atoms with E-state index in [1.165, 1.54) is 11.1 Å². The minimum absolute atomic E-state index is 0.0314. The van der Waals surface area contributed by atoms with Crippen LogP contribution in [0.25, 0.3) is 0 Å². The lowest BCUT2D eigenvalue weighted by Crippen LogP contribution is -2.42. The summed E-state index contributed by atoms with van der Waals surface area (Å²) >= 11 is 6.44. The number of amides is 1. The summed E-state index contributed by atoms with van der Waals surface area (Å²) in [6, 6.07) is 11.7. The highest BCUT2D eigenvalue weighted by Crippen LogP contribution is 2.38. The van der Waals surface area contributed by atoms with Crippen molar-refractivity contribution in [1.29, 1.82) is 0 Å². The molecule has 5 unspecified atom stereocenters. The average Bonchev–Trinajstić information content (AvgIpc) is 3.31. The fourth-order valence-corrected chi connectivity index (χ4v) is 8.64. The maximum atomic E-state index is 13.5. The number of aliphatic hydroxyl groups is 1. The van der Waals surface area contributed by atoms with Gasteiger partial charge < -0.3 is 30.5 Å². The number of nitrogens with zero attached hydrogens (tertiary/aromatic N) is 1. The molecular formula is C40H61ClN4O5S. The van der Waals surface area contributed by atoms with Crippen molar-refractivity contribution < 1.29 is 23.6 Å². The van der Waals surface area contributed by atoms with Crippen LogP contribution < -0.4 is 25.4 Å². The van der Waals surface area contributed by atoms with Crippen molar-refractivity contribution in [1.82, 2.24) is 10.0 Å². The lowest BCUT2D eigenvalue weighted by molar-refractivity contribution is -0.0264. The third-order valence-corrected chi connectivity index (χ3v) is 12.7.